The second-order valence-electron chi connectivity index (χ2n) is 2.28. The normalized spacial score (nSPS) is 10.6. The fourth-order valence-electron chi connectivity index (χ4n) is 0.727. The number of hydrogen-bond donors (Lipinski definition) is 2. The average Bonchev–Trinajstić information content (AvgIpc) is 1.89. The number of nitrogens with one attached hydrogen (secondary N) is 1. The van der Waals surface area contributed by atoms with Crippen LogP contribution < -0.4 is 11.1 Å². The van der Waals surface area contributed by atoms with Crippen LogP contribution in [0.2, 0.25) is 0 Å². The van der Waals surface area contributed by atoms with Gasteiger partial charge in [0.05, 0.1) is 0 Å². The van der Waals surface area contributed by atoms with Gasteiger partial charge >= 0.3 is 0 Å². The van der Waals surface area contributed by atoms with Gasteiger partial charge in [-0.1, -0.05) is 0 Å². The van der Waals surface area contributed by atoms with Crippen LogP contribution in [0.15, 0.2) is 12.4 Å². The number of hydrogen-bond acceptors (Lipinski definition) is 3. The number of rotatable bonds is 5. The molecule has 0 fully saturated rings. The Morgan fingerprint density at radius 2 is 2.30 bits per heavy atom. The van der Waals surface area contributed by atoms with Crippen molar-refractivity contribution in [3.05, 3.63) is 12.4 Å². The van der Waals surface area contributed by atoms with Crippen molar-refractivity contribution in [2.24, 2.45) is 5.73 Å². The molecule has 0 atom stereocenters. The highest BCUT2D eigenvalue weighted by atomic mass is 15.1. The third kappa shape index (κ3) is 5.44. The Bertz CT molecular complexity index is 90.9. The summed E-state index contributed by atoms with van der Waals surface area (Å²) >= 11 is 0. The molecule has 0 heterocycles. The molecular weight excluding hydrogens is 126 g/mol. The van der Waals surface area contributed by atoms with E-state index in [1.165, 1.54) is 0 Å². The second-order valence-corrected chi connectivity index (χ2v) is 2.28. The van der Waals surface area contributed by atoms with Crippen molar-refractivity contribution >= 4 is 0 Å². The minimum absolute atomic E-state index is 1.05. The van der Waals surface area contributed by atoms with Crippen molar-refractivity contribution in [3.8, 4) is 0 Å². The van der Waals surface area contributed by atoms with Crippen LogP contribution in [-0.2, 0) is 0 Å². The quantitative estimate of drug-likeness (QED) is 0.530. The monoisotopic (exact) mass is 143 g/mol. The molecule has 10 heavy (non-hydrogen) atoms. The summed E-state index contributed by atoms with van der Waals surface area (Å²) in [6, 6.07) is 0. The molecule has 0 aliphatic rings. The summed E-state index contributed by atoms with van der Waals surface area (Å²) in [6.45, 7) is 2.11. The molecule has 3 nitrogen and oxygen atoms in total. The summed E-state index contributed by atoms with van der Waals surface area (Å²) in [4.78, 5) is 2.07. The molecule has 3 heteroatoms. The van der Waals surface area contributed by atoms with Gasteiger partial charge in [0, 0.05) is 26.0 Å². The lowest BCUT2D eigenvalue weighted by atomic mass is 10.4. The molecule has 0 bridgehead atoms. The van der Waals surface area contributed by atoms with Gasteiger partial charge in [0.25, 0.3) is 0 Å². The number of nitrogens with two attached hydrogens (primary N) is 1. The van der Waals surface area contributed by atoms with E-state index >= 15 is 0 Å². The Morgan fingerprint density at radius 1 is 1.60 bits per heavy atom. The van der Waals surface area contributed by atoms with Gasteiger partial charge in [0.1, 0.15) is 0 Å². The lowest BCUT2D eigenvalue weighted by Crippen LogP contribution is -2.18. The van der Waals surface area contributed by atoms with E-state index in [9.17, 15) is 0 Å². The lowest BCUT2D eigenvalue weighted by Gasteiger charge is -2.12. The first kappa shape index (κ1) is 9.30. The van der Waals surface area contributed by atoms with Gasteiger partial charge in [-0.05, 0) is 20.0 Å². The Kier molecular flexibility index (Phi) is 5.97. The van der Waals surface area contributed by atoms with Gasteiger partial charge < -0.3 is 16.0 Å². The first-order valence-electron chi connectivity index (χ1n) is 3.54. The fraction of sp³-hybridized carbons (Fsp3) is 0.714. The minimum Gasteiger partial charge on any atom is -0.403 e. The molecule has 0 aromatic carbocycles. The van der Waals surface area contributed by atoms with E-state index in [1.54, 1.807) is 6.20 Å². The molecule has 0 aromatic rings. The Hall–Kier alpha value is -0.700. The van der Waals surface area contributed by atoms with Gasteiger partial charge in [-0.25, -0.2) is 0 Å². The zero-order valence-corrected chi connectivity index (χ0v) is 6.80. The highest BCUT2D eigenvalue weighted by Crippen LogP contribution is 1.85. The summed E-state index contributed by atoms with van der Waals surface area (Å²) in [5.41, 5.74) is 5.20. The van der Waals surface area contributed by atoms with E-state index in [2.05, 4.69) is 10.2 Å². The Morgan fingerprint density at radius 3 is 2.80 bits per heavy atom. The predicted octanol–water partition coefficient (Wildman–Crippen LogP) is -0.0424. The van der Waals surface area contributed by atoms with Crippen LogP contribution in [0.1, 0.15) is 6.42 Å². The van der Waals surface area contributed by atoms with Gasteiger partial charge in [0.15, 0.2) is 0 Å². The van der Waals surface area contributed by atoms with Crippen LogP contribution >= 0.6 is 0 Å². The van der Waals surface area contributed by atoms with E-state index in [-0.39, 0.29) is 0 Å². The molecule has 0 amide bonds. The van der Waals surface area contributed by atoms with E-state index in [1.807, 2.05) is 20.3 Å². The first-order chi connectivity index (χ1) is 4.81. The van der Waals surface area contributed by atoms with Crippen molar-refractivity contribution in [1.82, 2.24) is 10.2 Å². The summed E-state index contributed by atoms with van der Waals surface area (Å²) in [5, 5.41) is 3.08. The summed E-state index contributed by atoms with van der Waals surface area (Å²) < 4.78 is 0. The smallest absolute Gasteiger partial charge is 0.0181 e. The molecule has 0 radical (unpaired) electrons. The van der Waals surface area contributed by atoms with E-state index in [0.29, 0.717) is 0 Å². The van der Waals surface area contributed by atoms with Crippen molar-refractivity contribution in [3.63, 3.8) is 0 Å². The SMILES string of the molecule is CNCCCN(C)/C=C\N. The van der Waals surface area contributed by atoms with E-state index in [4.69, 9.17) is 5.73 Å². The van der Waals surface area contributed by atoms with Crippen LogP contribution in [0.25, 0.3) is 0 Å². The van der Waals surface area contributed by atoms with Gasteiger partial charge in [-0.3, -0.25) is 0 Å². The molecule has 0 rings (SSSR count). The Balaban J connectivity index is 3.13. The molecule has 0 aliphatic heterocycles. The van der Waals surface area contributed by atoms with Crippen LogP contribution in [-0.4, -0.2) is 32.1 Å². The topological polar surface area (TPSA) is 41.3 Å². The molecule has 60 valence electrons. The van der Waals surface area contributed by atoms with Crippen molar-refractivity contribution in [1.29, 1.82) is 0 Å². The first-order valence-corrected chi connectivity index (χ1v) is 3.54. The molecule has 0 saturated carbocycles. The number of nitrogens with zero attached hydrogens (tertiary/aromatic N) is 1. The van der Waals surface area contributed by atoms with Crippen LogP contribution in [0.5, 0.6) is 0 Å². The zero-order chi connectivity index (χ0) is 7.82. The lowest BCUT2D eigenvalue weighted by molar-refractivity contribution is 0.439. The minimum atomic E-state index is 1.05. The second kappa shape index (κ2) is 6.42. The van der Waals surface area contributed by atoms with Gasteiger partial charge in [0.2, 0.25) is 0 Å². The van der Waals surface area contributed by atoms with Gasteiger partial charge in [-0.15, -0.1) is 0 Å². The van der Waals surface area contributed by atoms with E-state index < -0.39 is 0 Å². The largest absolute Gasteiger partial charge is 0.403 e. The maximum atomic E-state index is 5.20. The molecular formula is C7H17N3. The van der Waals surface area contributed by atoms with Gasteiger partial charge in [-0.2, -0.15) is 0 Å². The zero-order valence-electron chi connectivity index (χ0n) is 6.80. The van der Waals surface area contributed by atoms with Crippen LogP contribution in [0.4, 0.5) is 0 Å². The average molecular weight is 143 g/mol. The maximum absolute atomic E-state index is 5.20. The summed E-state index contributed by atoms with van der Waals surface area (Å²) in [7, 11) is 3.97. The molecule has 0 aliphatic carbocycles. The Labute approximate surface area is 62.9 Å². The van der Waals surface area contributed by atoms with Crippen molar-refractivity contribution in [2.75, 3.05) is 27.2 Å². The van der Waals surface area contributed by atoms with Crippen LogP contribution in [0.3, 0.4) is 0 Å². The molecule has 0 saturated heterocycles. The standard InChI is InChI=1S/C7H17N3/c1-9-5-3-6-10(2)7-4-8/h4,7,9H,3,5-6,8H2,1-2H3/b7-4-. The van der Waals surface area contributed by atoms with Crippen LogP contribution in [0, 0.1) is 0 Å². The summed E-state index contributed by atoms with van der Waals surface area (Å²) in [5.74, 6) is 0. The summed E-state index contributed by atoms with van der Waals surface area (Å²) in [6.07, 6.45) is 4.58. The third-order valence-corrected chi connectivity index (χ3v) is 1.28. The highest BCUT2D eigenvalue weighted by Gasteiger charge is 1.88. The predicted molar refractivity (Wildman–Crippen MR) is 44.5 cm³/mol. The van der Waals surface area contributed by atoms with E-state index in [0.717, 1.165) is 19.5 Å². The van der Waals surface area contributed by atoms with Crippen molar-refractivity contribution in [2.45, 2.75) is 6.42 Å². The molecule has 0 aromatic heterocycles. The molecule has 3 N–H and O–H groups in total. The fourth-order valence-corrected chi connectivity index (χ4v) is 0.727. The maximum Gasteiger partial charge on any atom is 0.0181 e. The molecule has 0 spiro atoms. The highest BCUT2D eigenvalue weighted by molar-refractivity contribution is 4.74. The molecule has 0 unspecified atom stereocenters. The third-order valence-electron chi connectivity index (χ3n) is 1.28. The van der Waals surface area contributed by atoms with Crippen molar-refractivity contribution < 1.29 is 0 Å².